The fraction of sp³-hybridized carbons (Fsp3) is 0.571. The summed E-state index contributed by atoms with van der Waals surface area (Å²) in [4.78, 5) is 34.0. The van der Waals surface area contributed by atoms with Crippen LogP contribution >= 0.6 is 11.3 Å². The standard InChI is InChI=1S/C28H38N4O2S/c1-20-8-10-22(11-9-20)27-24-13-17-35-25(24)12-14-31(27)19-26(33)30-15-16-32(21(2)18-30)28(34)29-23-6-4-3-5-7-23/h8-11,13,17,21,23,27H,3-7,12,14-16,18-19H2,1-2H3,(H,29,34). The number of nitrogens with zero attached hydrogens (tertiary/aromatic N) is 3. The number of piperazine rings is 1. The predicted octanol–water partition coefficient (Wildman–Crippen LogP) is 4.58. The number of aryl methyl sites for hydroxylation is 1. The van der Waals surface area contributed by atoms with Crippen LogP contribution in [-0.2, 0) is 11.2 Å². The lowest BCUT2D eigenvalue weighted by Gasteiger charge is -2.42. The molecule has 3 amide bonds. The van der Waals surface area contributed by atoms with Gasteiger partial charge in [-0.3, -0.25) is 9.69 Å². The van der Waals surface area contributed by atoms with Crippen molar-refractivity contribution in [2.75, 3.05) is 32.7 Å². The Morgan fingerprint density at radius 2 is 1.80 bits per heavy atom. The van der Waals surface area contributed by atoms with E-state index >= 15 is 0 Å². The van der Waals surface area contributed by atoms with E-state index in [9.17, 15) is 9.59 Å². The van der Waals surface area contributed by atoms with Gasteiger partial charge in [0.15, 0.2) is 0 Å². The smallest absolute Gasteiger partial charge is 0.317 e. The van der Waals surface area contributed by atoms with E-state index < -0.39 is 0 Å². The fourth-order valence-corrected chi connectivity index (χ4v) is 6.85. The highest BCUT2D eigenvalue weighted by atomic mass is 32.1. The number of amides is 3. The van der Waals surface area contributed by atoms with Gasteiger partial charge in [0.05, 0.1) is 12.6 Å². The second-order valence-corrected chi connectivity index (χ2v) is 11.5. The molecule has 7 heteroatoms. The highest BCUT2D eigenvalue weighted by molar-refractivity contribution is 7.10. The number of benzene rings is 1. The molecule has 35 heavy (non-hydrogen) atoms. The number of carbonyl (C=O) groups excluding carboxylic acids is 2. The van der Waals surface area contributed by atoms with Gasteiger partial charge in [-0.1, -0.05) is 49.1 Å². The quantitative estimate of drug-likeness (QED) is 0.677. The molecule has 2 atom stereocenters. The molecular weight excluding hydrogens is 456 g/mol. The van der Waals surface area contributed by atoms with Crippen molar-refractivity contribution in [2.45, 2.75) is 70.5 Å². The number of carbonyl (C=O) groups is 2. The van der Waals surface area contributed by atoms with Crippen LogP contribution < -0.4 is 5.32 Å². The van der Waals surface area contributed by atoms with Crippen molar-refractivity contribution in [3.8, 4) is 0 Å². The third kappa shape index (κ3) is 5.41. The van der Waals surface area contributed by atoms with E-state index in [0.717, 1.165) is 25.8 Å². The highest BCUT2D eigenvalue weighted by Crippen LogP contribution is 2.37. The number of thiophene rings is 1. The number of rotatable bonds is 4. The first-order valence-electron chi connectivity index (χ1n) is 13.2. The second-order valence-electron chi connectivity index (χ2n) is 10.5. The largest absolute Gasteiger partial charge is 0.338 e. The Labute approximate surface area is 213 Å². The molecule has 2 fully saturated rings. The van der Waals surface area contributed by atoms with Crippen molar-refractivity contribution in [3.63, 3.8) is 0 Å². The molecule has 3 aliphatic rings. The Kier molecular flexibility index (Phi) is 7.44. The highest BCUT2D eigenvalue weighted by Gasteiger charge is 2.35. The van der Waals surface area contributed by atoms with Gasteiger partial charge in [0, 0.05) is 43.1 Å². The lowest BCUT2D eigenvalue weighted by molar-refractivity contribution is -0.135. The van der Waals surface area contributed by atoms with E-state index in [0.29, 0.717) is 32.2 Å². The normalized spacial score (nSPS) is 23.7. The first-order valence-corrected chi connectivity index (χ1v) is 14.1. The van der Waals surface area contributed by atoms with Crippen LogP contribution in [0.3, 0.4) is 0 Å². The summed E-state index contributed by atoms with van der Waals surface area (Å²) < 4.78 is 0. The lowest BCUT2D eigenvalue weighted by atomic mass is 9.92. The molecule has 1 aliphatic carbocycles. The van der Waals surface area contributed by atoms with Crippen molar-refractivity contribution in [1.82, 2.24) is 20.0 Å². The van der Waals surface area contributed by atoms with Crippen molar-refractivity contribution >= 4 is 23.3 Å². The maximum atomic E-state index is 13.5. The maximum absolute atomic E-state index is 13.5. The molecule has 1 saturated heterocycles. The molecule has 188 valence electrons. The van der Waals surface area contributed by atoms with Crippen molar-refractivity contribution < 1.29 is 9.59 Å². The minimum Gasteiger partial charge on any atom is -0.338 e. The van der Waals surface area contributed by atoms with Crippen molar-refractivity contribution in [3.05, 3.63) is 57.3 Å². The molecule has 2 aromatic rings. The van der Waals surface area contributed by atoms with Gasteiger partial charge in [0.25, 0.3) is 0 Å². The maximum Gasteiger partial charge on any atom is 0.317 e. The molecule has 1 aromatic carbocycles. The number of hydrogen-bond acceptors (Lipinski definition) is 4. The molecule has 3 heterocycles. The van der Waals surface area contributed by atoms with Crippen LogP contribution in [-0.4, -0.2) is 71.4 Å². The summed E-state index contributed by atoms with van der Waals surface area (Å²) >= 11 is 1.83. The fourth-order valence-electron chi connectivity index (χ4n) is 5.94. The Morgan fingerprint density at radius 3 is 2.54 bits per heavy atom. The van der Waals surface area contributed by atoms with E-state index in [4.69, 9.17) is 0 Å². The molecule has 0 bridgehead atoms. The van der Waals surface area contributed by atoms with Gasteiger partial charge in [-0.2, -0.15) is 0 Å². The minimum absolute atomic E-state index is 0.0222. The molecule has 2 aliphatic heterocycles. The van der Waals surface area contributed by atoms with E-state index in [1.165, 1.54) is 40.8 Å². The van der Waals surface area contributed by atoms with E-state index in [2.05, 4.69) is 59.8 Å². The van der Waals surface area contributed by atoms with Gasteiger partial charge in [-0.05, 0) is 55.7 Å². The summed E-state index contributed by atoms with van der Waals surface area (Å²) in [6, 6.07) is 11.5. The van der Waals surface area contributed by atoms with Gasteiger partial charge in [-0.15, -0.1) is 11.3 Å². The molecule has 1 N–H and O–H groups in total. The van der Waals surface area contributed by atoms with E-state index in [-0.39, 0.29) is 24.0 Å². The zero-order valence-corrected chi connectivity index (χ0v) is 21.9. The Balaban J connectivity index is 1.22. The zero-order valence-electron chi connectivity index (χ0n) is 21.0. The average Bonchev–Trinajstić information content (AvgIpc) is 3.34. The van der Waals surface area contributed by atoms with Crippen LogP contribution in [0.2, 0.25) is 0 Å². The summed E-state index contributed by atoms with van der Waals surface area (Å²) in [5.41, 5.74) is 3.84. The van der Waals surface area contributed by atoms with Crippen molar-refractivity contribution in [2.24, 2.45) is 0 Å². The first-order chi connectivity index (χ1) is 17.0. The minimum atomic E-state index is 0.0222. The number of hydrogen-bond donors (Lipinski definition) is 1. The summed E-state index contributed by atoms with van der Waals surface area (Å²) in [7, 11) is 0. The van der Waals surface area contributed by atoms with Crippen LogP contribution in [0, 0.1) is 6.92 Å². The van der Waals surface area contributed by atoms with Crippen LogP contribution in [0.1, 0.15) is 66.6 Å². The van der Waals surface area contributed by atoms with E-state index in [1.54, 1.807) is 0 Å². The van der Waals surface area contributed by atoms with Gasteiger partial charge in [0.2, 0.25) is 5.91 Å². The predicted molar refractivity (Wildman–Crippen MR) is 141 cm³/mol. The summed E-state index contributed by atoms with van der Waals surface area (Å²) in [5, 5.41) is 5.42. The average molecular weight is 495 g/mol. The third-order valence-electron chi connectivity index (χ3n) is 7.97. The van der Waals surface area contributed by atoms with Crippen LogP contribution in [0.15, 0.2) is 35.7 Å². The number of urea groups is 1. The monoisotopic (exact) mass is 494 g/mol. The molecule has 5 rings (SSSR count). The van der Waals surface area contributed by atoms with E-state index in [1.807, 2.05) is 21.1 Å². The first kappa shape index (κ1) is 24.3. The Morgan fingerprint density at radius 1 is 1.03 bits per heavy atom. The summed E-state index contributed by atoms with van der Waals surface area (Å²) in [5.74, 6) is 0.167. The van der Waals surface area contributed by atoms with Gasteiger partial charge in [-0.25, -0.2) is 4.79 Å². The molecule has 1 saturated carbocycles. The van der Waals surface area contributed by atoms with Crippen molar-refractivity contribution in [1.29, 1.82) is 0 Å². The molecular formula is C28H38N4O2S. The molecule has 0 radical (unpaired) electrons. The third-order valence-corrected chi connectivity index (χ3v) is 8.97. The Bertz CT molecular complexity index is 1030. The number of nitrogens with one attached hydrogen (secondary N) is 1. The SMILES string of the molecule is Cc1ccc(C2c3ccsc3CCN2CC(=O)N2CCN(C(=O)NC3CCCCC3)C(C)C2)cc1. The topological polar surface area (TPSA) is 55.9 Å². The van der Waals surface area contributed by atoms with Gasteiger partial charge >= 0.3 is 6.03 Å². The summed E-state index contributed by atoms with van der Waals surface area (Å²) in [6.45, 7) is 7.27. The molecule has 2 unspecified atom stereocenters. The summed E-state index contributed by atoms with van der Waals surface area (Å²) in [6.07, 6.45) is 6.85. The molecule has 6 nitrogen and oxygen atoms in total. The van der Waals surface area contributed by atoms with Crippen LogP contribution in [0.4, 0.5) is 4.79 Å². The number of fused-ring (bicyclic) bond motifs is 1. The van der Waals surface area contributed by atoms with Crippen LogP contribution in [0.25, 0.3) is 0 Å². The second kappa shape index (κ2) is 10.7. The zero-order chi connectivity index (χ0) is 24.4. The molecule has 0 spiro atoms. The van der Waals surface area contributed by atoms with Gasteiger partial charge in [0.1, 0.15) is 0 Å². The van der Waals surface area contributed by atoms with Gasteiger partial charge < -0.3 is 15.1 Å². The van der Waals surface area contributed by atoms with Crippen LogP contribution in [0.5, 0.6) is 0 Å². The molecule has 1 aromatic heterocycles. The lowest BCUT2D eigenvalue weighted by Crippen LogP contribution is -2.59. The Hall–Kier alpha value is -2.38.